The summed E-state index contributed by atoms with van der Waals surface area (Å²) in [6.07, 6.45) is -0.0563. The highest BCUT2D eigenvalue weighted by atomic mass is 35.5. The summed E-state index contributed by atoms with van der Waals surface area (Å²) in [5.74, 6) is 0.234. The van der Waals surface area contributed by atoms with Crippen LogP contribution in [0, 0.1) is 11.3 Å². The Kier molecular flexibility index (Phi) is 3.76. The number of ether oxygens (including phenoxy) is 2. The number of nitrogens with zero attached hydrogens (tertiary/aromatic N) is 4. The normalized spacial score (nSPS) is 36.0. The Labute approximate surface area is 176 Å². The maximum atomic E-state index is 11.1. The van der Waals surface area contributed by atoms with E-state index in [0.717, 1.165) is 5.56 Å². The van der Waals surface area contributed by atoms with Gasteiger partial charge in [-0.3, -0.25) is 0 Å². The predicted molar refractivity (Wildman–Crippen MR) is 106 cm³/mol. The van der Waals surface area contributed by atoms with E-state index in [1.807, 2.05) is 34.9 Å². The quantitative estimate of drug-likeness (QED) is 0.489. The van der Waals surface area contributed by atoms with E-state index < -0.39 is 23.2 Å². The van der Waals surface area contributed by atoms with Gasteiger partial charge in [0.15, 0.2) is 11.5 Å². The summed E-state index contributed by atoms with van der Waals surface area (Å²) in [4.78, 5) is 12.7. The second-order valence-electron chi connectivity index (χ2n) is 8.21. The summed E-state index contributed by atoms with van der Waals surface area (Å²) in [5, 5.41) is 20.8. The van der Waals surface area contributed by atoms with Crippen LogP contribution in [-0.2, 0) is 21.6 Å². The average molecular weight is 430 g/mol. The molecule has 0 amide bonds. The molecule has 3 aromatic rings. The monoisotopic (exact) mass is 429 g/mol. The molecule has 1 aliphatic heterocycles. The summed E-state index contributed by atoms with van der Waals surface area (Å²) >= 11 is 6.04. The van der Waals surface area contributed by atoms with Crippen molar-refractivity contribution < 1.29 is 19.7 Å². The number of nitrogens with two attached hydrogens (primary N) is 1. The number of anilines is 1. The summed E-state index contributed by atoms with van der Waals surface area (Å²) < 4.78 is 13.9. The van der Waals surface area contributed by atoms with Gasteiger partial charge in [-0.05, 0) is 17.2 Å². The zero-order valence-electron chi connectivity index (χ0n) is 15.8. The van der Waals surface area contributed by atoms with Gasteiger partial charge in [0.05, 0.1) is 49.3 Å². The van der Waals surface area contributed by atoms with Crippen LogP contribution in [0.4, 0.5) is 5.82 Å². The number of aliphatic hydroxyl groups excluding tert-OH is 2. The lowest BCUT2D eigenvalue weighted by atomic mass is 9.79. The fraction of sp³-hybridized carbons (Fsp3) is 0.450. The fourth-order valence-electron chi connectivity index (χ4n) is 5.60. The molecule has 3 fully saturated rings. The molecule has 3 heterocycles. The van der Waals surface area contributed by atoms with Crippen LogP contribution in [0.25, 0.3) is 11.2 Å². The van der Waals surface area contributed by atoms with Crippen LogP contribution >= 0.6 is 11.6 Å². The molecule has 156 valence electrons. The Morgan fingerprint density at radius 1 is 1.27 bits per heavy atom. The average Bonchev–Trinajstić information content (AvgIpc) is 3.52. The SMILES string of the molecule is Nc1nc(Cl)nc2c1ncn2C12C3O[C@H](CO)C(O)C1(COCc1ccccc1)[C@@H]32. The molecule has 6 atom stereocenters. The topological polar surface area (TPSA) is 129 Å². The Balaban J connectivity index is 1.36. The molecule has 9 nitrogen and oxygen atoms in total. The lowest BCUT2D eigenvalue weighted by Crippen LogP contribution is -2.58. The third kappa shape index (κ3) is 2.09. The number of halogens is 1. The maximum Gasteiger partial charge on any atom is 0.226 e. The van der Waals surface area contributed by atoms with E-state index in [0.29, 0.717) is 24.4 Å². The van der Waals surface area contributed by atoms with Gasteiger partial charge >= 0.3 is 0 Å². The lowest BCUT2D eigenvalue weighted by Gasteiger charge is -2.44. The van der Waals surface area contributed by atoms with Gasteiger partial charge in [-0.15, -0.1) is 0 Å². The lowest BCUT2D eigenvalue weighted by molar-refractivity contribution is -0.208. The van der Waals surface area contributed by atoms with Crippen LogP contribution in [0.5, 0.6) is 0 Å². The predicted octanol–water partition coefficient (Wildman–Crippen LogP) is 0.724. The van der Waals surface area contributed by atoms with Crippen molar-refractivity contribution in [2.45, 2.75) is 30.5 Å². The second-order valence-corrected chi connectivity index (χ2v) is 8.55. The molecule has 1 aromatic carbocycles. The zero-order chi connectivity index (χ0) is 20.7. The van der Waals surface area contributed by atoms with Crippen molar-refractivity contribution in [3.63, 3.8) is 0 Å². The van der Waals surface area contributed by atoms with Gasteiger partial charge in [0.1, 0.15) is 11.6 Å². The van der Waals surface area contributed by atoms with E-state index in [9.17, 15) is 10.2 Å². The Morgan fingerprint density at radius 3 is 2.83 bits per heavy atom. The maximum absolute atomic E-state index is 11.1. The van der Waals surface area contributed by atoms with Crippen molar-refractivity contribution in [2.75, 3.05) is 18.9 Å². The van der Waals surface area contributed by atoms with Gasteiger partial charge in [0.2, 0.25) is 5.28 Å². The molecule has 2 aliphatic carbocycles. The van der Waals surface area contributed by atoms with E-state index in [1.54, 1.807) is 6.33 Å². The Hall–Kier alpha value is -2.30. The van der Waals surface area contributed by atoms with Gasteiger partial charge < -0.3 is 30.0 Å². The van der Waals surface area contributed by atoms with Crippen LogP contribution in [0.2, 0.25) is 5.28 Å². The number of hydrogen-bond donors (Lipinski definition) is 3. The first-order valence-electron chi connectivity index (χ1n) is 9.78. The van der Waals surface area contributed by atoms with Crippen LogP contribution in [0.3, 0.4) is 0 Å². The number of nitrogen functional groups attached to an aromatic ring is 1. The second kappa shape index (κ2) is 6.12. The first-order valence-corrected chi connectivity index (χ1v) is 10.2. The first-order chi connectivity index (χ1) is 14.6. The number of rotatable bonds is 6. The number of aliphatic hydroxyl groups is 2. The van der Waals surface area contributed by atoms with E-state index in [4.69, 9.17) is 26.8 Å². The third-order valence-electron chi connectivity index (χ3n) is 6.95. The standard InChI is InChI=1S/C20H20ClN5O4/c21-18-24-16(22)12-17(25-18)26(9-23-12)20-13-15(20)30-11(6-27)14(28)19(13,20)8-29-7-10-4-2-1-3-5-10/h1-5,9,11,13-15,27-28H,6-8H2,(H2,22,24,25)/t11-,13-,14?,15?,19?,20?/m1/s1. The molecule has 2 saturated carbocycles. The highest BCUT2D eigenvalue weighted by Crippen LogP contribution is 2.90. The largest absolute Gasteiger partial charge is 0.394 e. The van der Waals surface area contributed by atoms with E-state index in [1.165, 1.54) is 0 Å². The summed E-state index contributed by atoms with van der Waals surface area (Å²) in [6.45, 7) is 0.490. The molecule has 0 bridgehead atoms. The highest BCUT2D eigenvalue weighted by molar-refractivity contribution is 6.28. The van der Waals surface area contributed by atoms with Crippen LogP contribution < -0.4 is 5.73 Å². The van der Waals surface area contributed by atoms with Crippen molar-refractivity contribution in [1.29, 1.82) is 0 Å². The first kappa shape index (κ1) is 18.5. The van der Waals surface area contributed by atoms with Gasteiger partial charge in [-0.2, -0.15) is 9.97 Å². The highest BCUT2D eigenvalue weighted by Gasteiger charge is 3.02. The van der Waals surface area contributed by atoms with Crippen molar-refractivity contribution in [3.05, 3.63) is 47.5 Å². The minimum absolute atomic E-state index is 0.0326. The summed E-state index contributed by atoms with van der Waals surface area (Å²) in [5.41, 5.74) is 6.82. The van der Waals surface area contributed by atoms with Crippen LogP contribution in [-0.4, -0.2) is 61.3 Å². The molecule has 10 heteroatoms. The molecule has 1 saturated heterocycles. The molecule has 3 aliphatic rings. The van der Waals surface area contributed by atoms with Crippen molar-refractivity contribution in [3.8, 4) is 0 Å². The van der Waals surface area contributed by atoms with Crippen molar-refractivity contribution in [2.24, 2.45) is 11.3 Å². The molecule has 4 N–H and O–H groups in total. The van der Waals surface area contributed by atoms with Gasteiger partial charge in [0.25, 0.3) is 0 Å². The smallest absolute Gasteiger partial charge is 0.226 e. The van der Waals surface area contributed by atoms with E-state index in [2.05, 4.69) is 15.0 Å². The number of benzene rings is 1. The number of hydrogen-bond acceptors (Lipinski definition) is 8. The van der Waals surface area contributed by atoms with Crippen molar-refractivity contribution >= 4 is 28.6 Å². The fourth-order valence-corrected chi connectivity index (χ4v) is 5.77. The van der Waals surface area contributed by atoms with Gasteiger partial charge in [-0.25, -0.2) is 4.98 Å². The van der Waals surface area contributed by atoms with Gasteiger partial charge in [-0.1, -0.05) is 30.3 Å². The summed E-state index contributed by atoms with van der Waals surface area (Å²) in [6, 6.07) is 9.85. The third-order valence-corrected chi connectivity index (χ3v) is 7.12. The molecule has 0 spiro atoms. The number of imidazole rings is 1. The Bertz CT molecular complexity index is 1140. The number of fused-ring (bicyclic) bond motifs is 3. The van der Waals surface area contributed by atoms with E-state index >= 15 is 0 Å². The molecule has 30 heavy (non-hydrogen) atoms. The molecule has 0 radical (unpaired) electrons. The molecular formula is C20H20ClN5O4. The van der Waals surface area contributed by atoms with E-state index in [-0.39, 0.29) is 29.7 Å². The minimum Gasteiger partial charge on any atom is -0.394 e. The Morgan fingerprint density at radius 2 is 2.07 bits per heavy atom. The summed E-state index contributed by atoms with van der Waals surface area (Å²) in [7, 11) is 0. The van der Waals surface area contributed by atoms with Crippen LogP contribution in [0.15, 0.2) is 36.7 Å². The minimum atomic E-state index is -0.889. The van der Waals surface area contributed by atoms with Crippen molar-refractivity contribution in [1.82, 2.24) is 19.5 Å². The molecule has 4 unspecified atom stereocenters. The molecule has 2 aromatic heterocycles. The number of aromatic nitrogens is 4. The van der Waals surface area contributed by atoms with Gasteiger partial charge in [0, 0.05) is 5.92 Å². The van der Waals surface area contributed by atoms with Crippen LogP contribution in [0.1, 0.15) is 5.56 Å². The molecular weight excluding hydrogens is 410 g/mol. The molecule has 6 rings (SSSR count). The zero-order valence-corrected chi connectivity index (χ0v) is 16.6.